The summed E-state index contributed by atoms with van der Waals surface area (Å²) in [6.07, 6.45) is 1.58. The number of halogens is 1. The monoisotopic (exact) mass is 467 g/mol. The summed E-state index contributed by atoms with van der Waals surface area (Å²) in [5, 5.41) is 5.01. The van der Waals surface area contributed by atoms with E-state index < -0.39 is 5.41 Å². The predicted octanol–water partition coefficient (Wildman–Crippen LogP) is 4.39. The number of piperazine rings is 1. The molecule has 0 spiro atoms. The average molecular weight is 468 g/mol. The molecule has 33 heavy (non-hydrogen) atoms. The van der Waals surface area contributed by atoms with Gasteiger partial charge in [-0.05, 0) is 49.2 Å². The van der Waals surface area contributed by atoms with Crippen molar-refractivity contribution in [3.63, 3.8) is 0 Å². The molecule has 2 fully saturated rings. The molecule has 2 heterocycles. The van der Waals surface area contributed by atoms with Gasteiger partial charge in [-0.15, -0.1) is 0 Å². The molecule has 1 aliphatic heterocycles. The summed E-state index contributed by atoms with van der Waals surface area (Å²) in [7, 11) is 3.19. The fourth-order valence-electron chi connectivity index (χ4n) is 4.47. The summed E-state index contributed by atoms with van der Waals surface area (Å²) in [5.74, 6) is 2.01. The quantitative estimate of drug-likeness (QED) is 0.535. The zero-order chi connectivity index (χ0) is 23.0. The maximum atomic E-state index is 13.5. The fraction of sp³-hybridized carbons (Fsp3) is 0.360. The standard InChI is InChI=1S/C25H26ClN3O4/c1-31-20-7-6-17(14-22(20)32-2)21-16-23(27-33-21)25(8-9-25)24(30)29-12-10-28(11-13-29)19-5-3-4-18(26)15-19/h3-7,14-16H,8-13H2,1-2H3. The van der Waals surface area contributed by atoms with E-state index in [9.17, 15) is 4.79 Å². The molecule has 1 saturated carbocycles. The average Bonchev–Trinajstić information content (AvgIpc) is 3.52. The number of amides is 1. The predicted molar refractivity (Wildman–Crippen MR) is 126 cm³/mol. The van der Waals surface area contributed by atoms with E-state index >= 15 is 0 Å². The first-order chi connectivity index (χ1) is 16.0. The lowest BCUT2D eigenvalue weighted by Gasteiger charge is -2.37. The van der Waals surface area contributed by atoms with Crippen LogP contribution in [0.3, 0.4) is 0 Å². The highest BCUT2D eigenvalue weighted by molar-refractivity contribution is 6.30. The van der Waals surface area contributed by atoms with Crippen LogP contribution in [0.25, 0.3) is 11.3 Å². The molecule has 172 valence electrons. The topological polar surface area (TPSA) is 68.0 Å². The molecule has 7 nitrogen and oxygen atoms in total. The number of aromatic nitrogens is 1. The maximum absolute atomic E-state index is 13.5. The smallest absolute Gasteiger partial charge is 0.235 e. The van der Waals surface area contributed by atoms with Crippen LogP contribution in [0.15, 0.2) is 53.1 Å². The summed E-state index contributed by atoms with van der Waals surface area (Å²) >= 11 is 6.14. The van der Waals surface area contributed by atoms with E-state index in [0.717, 1.165) is 42.2 Å². The number of ether oxygens (including phenoxy) is 2. The van der Waals surface area contributed by atoms with Gasteiger partial charge >= 0.3 is 0 Å². The van der Waals surface area contributed by atoms with Crippen LogP contribution < -0.4 is 14.4 Å². The summed E-state index contributed by atoms with van der Waals surface area (Å²) in [6, 6.07) is 15.3. The minimum absolute atomic E-state index is 0.139. The SMILES string of the molecule is COc1ccc(-c2cc(C3(C(=O)N4CCN(c5cccc(Cl)c5)CC4)CC3)no2)cc1OC. The molecule has 0 N–H and O–H groups in total. The molecule has 2 aliphatic rings. The number of carbonyl (C=O) groups is 1. The number of hydrogen-bond acceptors (Lipinski definition) is 6. The lowest BCUT2D eigenvalue weighted by atomic mass is 9.99. The van der Waals surface area contributed by atoms with Crippen LogP contribution in [0, 0.1) is 0 Å². The Morgan fingerprint density at radius 3 is 2.42 bits per heavy atom. The van der Waals surface area contributed by atoms with Gasteiger partial charge in [-0.1, -0.05) is 22.8 Å². The van der Waals surface area contributed by atoms with Crippen molar-refractivity contribution in [1.82, 2.24) is 10.1 Å². The minimum atomic E-state index is -0.573. The first-order valence-corrected chi connectivity index (χ1v) is 11.4. The molecule has 2 aromatic carbocycles. The highest BCUT2D eigenvalue weighted by atomic mass is 35.5. The molecule has 0 atom stereocenters. The van der Waals surface area contributed by atoms with E-state index in [4.69, 9.17) is 25.6 Å². The second-order valence-corrected chi connectivity index (χ2v) is 8.92. The molecule has 3 aromatic rings. The van der Waals surface area contributed by atoms with Crippen LogP contribution in [0.5, 0.6) is 11.5 Å². The molecule has 0 unspecified atom stereocenters. The van der Waals surface area contributed by atoms with Crippen molar-refractivity contribution in [3.05, 3.63) is 59.2 Å². The van der Waals surface area contributed by atoms with Crippen molar-refractivity contribution >= 4 is 23.2 Å². The van der Waals surface area contributed by atoms with E-state index in [-0.39, 0.29) is 5.91 Å². The van der Waals surface area contributed by atoms with Crippen LogP contribution >= 0.6 is 11.6 Å². The Labute approximate surface area is 197 Å². The fourth-order valence-corrected chi connectivity index (χ4v) is 4.66. The molecule has 0 bridgehead atoms. The Hall–Kier alpha value is -3.19. The number of carbonyl (C=O) groups excluding carboxylic acids is 1. The van der Waals surface area contributed by atoms with Crippen molar-refractivity contribution in [1.29, 1.82) is 0 Å². The molecule has 1 aromatic heterocycles. The van der Waals surface area contributed by atoms with Gasteiger partial charge < -0.3 is 23.8 Å². The van der Waals surface area contributed by atoms with E-state index in [2.05, 4.69) is 16.1 Å². The van der Waals surface area contributed by atoms with E-state index in [1.54, 1.807) is 14.2 Å². The lowest BCUT2D eigenvalue weighted by molar-refractivity contribution is -0.134. The lowest BCUT2D eigenvalue weighted by Crippen LogP contribution is -2.51. The van der Waals surface area contributed by atoms with Gasteiger partial charge in [-0.25, -0.2) is 0 Å². The molecule has 1 saturated heterocycles. The molecule has 8 heteroatoms. The van der Waals surface area contributed by atoms with Crippen LogP contribution in [-0.4, -0.2) is 56.4 Å². The maximum Gasteiger partial charge on any atom is 0.235 e. The molecular formula is C25H26ClN3O4. The van der Waals surface area contributed by atoms with Crippen molar-refractivity contribution in [3.8, 4) is 22.8 Å². The molecule has 1 aliphatic carbocycles. The Balaban J connectivity index is 1.29. The molecular weight excluding hydrogens is 442 g/mol. The third-order valence-electron chi connectivity index (χ3n) is 6.57. The van der Waals surface area contributed by atoms with Gasteiger partial charge in [0.1, 0.15) is 0 Å². The number of methoxy groups -OCH3 is 2. The second kappa shape index (κ2) is 8.63. The van der Waals surface area contributed by atoms with Crippen molar-refractivity contribution in [2.24, 2.45) is 0 Å². The zero-order valence-corrected chi connectivity index (χ0v) is 19.5. The first kappa shape index (κ1) is 21.6. The Bertz CT molecular complexity index is 1170. The molecule has 5 rings (SSSR count). The van der Waals surface area contributed by atoms with E-state index in [1.807, 2.05) is 47.4 Å². The first-order valence-electron chi connectivity index (χ1n) is 11.0. The molecule has 0 radical (unpaired) electrons. The van der Waals surface area contributed by atoms with Crippen LogP contribution in [-0.2, 0) is 10.2 Å². The van der Waals surface area contributed by atoms with Gasteiger partial charge in [0.2, 0.25) is 5.91 Å². The highest BCUT2D eigenvalue weighted by Crippen LogP contribution is 2.50. The Morgan fingerprint density at radius 1 is 1.00 bits per heavy atom. The third-order valence-corrected chi connectivity index (χ3v) is 6.80. The molecule has 1 amide bonds. The van der Waals surface area contributed by atoms with E-state index in [0.29, 0.717) is 36.0 Å². The van der Waals surface area contributed by atoms with Gasteiger partial charge in [0.05, 0.1) is 25.3 Å². The van der Waals surface area contributed by atoms with Crippen LogP contribution in [0.1, 0.15) is 18.5 Å². The van der Waals surface area contributed by atoms with Gasteiger partial charge in [0.15, 0.2) is 17.3 Å². The zero-order valence-electron chi connectivity index (χ0n) is 18.7. The second-order valence-electron chi connectivity index (χ2n) is 8.49. The number of hydrogen-bond donors (Lipinski definition) is 0. The van der Waals surface area contributed by atoms with Gasteiger partial charge in [0.25, 0.3) is 0 Å². The third kappa shape index (κ3) is 4.02. The summed E-state index contributed by atoms with van der Waals surface area (Å²) in [6.45, 7) is 2.90. The van der Waals surface area contributed by atoms with Gasteiger partial charge in [-0.2, -0.15) is 0 Å². The highest BCUT2D eigenvalue weighted by Gasteiger charge is 2.55. The van der Waals surface area contributed by atoms with Gasteiger partial charge in [0, 0.05) is 48.5 Å². The Morgan fingerprint density at radius 2 is 1.76 bits per heavy atom. The minimum Gasteiger partial charge on any atom is -0.493 e. The summed E-state index contributed by atoms with van der Waals surface area (Å²) in [5.41, 5.74) is 2.04. The van der Waals surface area contributed by atoms with Crippen LogP contribution in [0.2, 0.25) is 5.02 Å². The summed E-state index contributed by atoms with van der Waals surface area (Å²) in [4.78, 5) is 17.7. The largest absolute Gasteiger partial charge is 0.493 e. The van der Waals surface area contributed by atoms with Gasteiger partial charge in [-0.3, -0.25) is 4.79 Å². The van der Waals surface area contributed by atoms with Crippen LogP contribution in [0.4, 0.5) is 5.69 Å². The van der Waals surface area contributed by atoms with Crippen molar-refractivity contribution in [2.75, 3.05) is 45.3 Å². The van der Waals surface area contributed by atoms with E-state index in [1.165, 1.54) is 0 Å². The number of rotatable bonds is 6. The van der Waals surface area contributed by atoms with Crippen molar-refractivity contribution in [2.45, 2.75) is 18.3 Å². The number of nitrogens with zero attached hydrogens (tertiary/aromatic N) is 3. The summed E-state index contributed by atoms with van der Waals surface area (Å²) < 4.78 is 16.3. The van der Waals surface area contributed by atoms with Crippen molar-refractivity contribution < 1.29 is 18.8 Å². The Kier molecular flexibility index (Phi) is 5.66. The number of anilines is 1. The normalized spacial score (nSPS) is 17.1. The number of benzene rings is 2.